The third-order valence-electron chi connectivity index (χ3n) is 10.2. The number of rotatable bonds is 6. The van der Waals surface area contributed by atoms with Gasteiger partial charge in [-0.15, -0.1) is 0 Å². The van der Waals surface area contributed by atoms with Crippen LogP contribution in [0.25, 0.3) is 0 Å². The topological polar surface area (TPSA) is 154 Å². The molecule has 4 aliphatic rings. The highest BCUT2D eigenvalue weighted by atomic mass is 16.6. The summed E-state index contributed by atoms with van der Waals surface area (Å²) in [6, 6.07) is 0. The molecule has 37 heavy (non-hydrogen) atoms. The van der Waals surface area contributed by atoms with E-state index in [0.29, 0.717) is 38.5 Å². The lowest BCUT2D eigenvalue weighted by Gasteiger charge is -2.65. The average molecular weight is 523 g/mol. The average Bonchev–Trinajstić information content (AvgIpc) is 3.07. The second kappa shape index (κ2) is 9.36. The Morgan fingerprint density at radius 3 is 2.11 bits per heavy atom. The molecule has 4 rings (SSSR count). The van der Waals surface area contributed by atoms with E-state index in [4.69, 9.17) is 14.2 Å². The number of Topliss-reactive ketones (excluding diaryl/α,β-unsaturated/α-hetero) is 1. The highest BCUT2D eigenvalue weighted by molar-refractivity contribution is 5.85. The van der Waals surface area contributed by atoms with E-state index >= 15 is 0 Å². The van der Waals surface area contributed by atoms with Crippen molar-refractivity contribution in [3.05, 3.63) is 0 Å². The van der Waals surface area contributed by atoms with Gasteiger partial charge >= 0.3 is 23.9 Å². The molecule has 10 nitrogen and oxygen atoms in total. The van der Waals surface area contributed by atoms with Gasteiger partial charge in [-0.1, -0.05) is 6.92 Å². The van der Waals surface area contributed by atoms with E-state index in [0.717, 1.165) is 0 Å². The SMILES string of the molecule is CC(=O)OCC(=O)[C@H]1CC[C@]2(O)[C@@H]3CC[C@]4(OC(C)=O)C[C@@H](OC(C)=O)CC[C@]4(C(=O)O)[C@H]3CC[C@]12C. The number of ether oxygens (including phenoxy) is 3. The van der Waals surface area contributed by atoms with Crippen molar-refractivity contribution in [2.45, 2.75) is 103 Å². The van der Waals surface area contributed by atoms with Crippen LogP contribution in [0.1, 0.15) is 85.5 Å². The van der Waals surface area contributed by atoms with Crippen LogP contribution in [0.2, 0.25) is 0 Å². The van der Waals surface area contributed by atoms with Crippen molar-refractivity contribution in [1.82, 2.24) is 0 Å². The first-order chi connectivity index (χ1) is 17.2. The number of carbonyl (C=O) groups is 5. The second-order valence-electron chi connectivity index (χ2n) is 11.8. The van der Waals surface area contributed by atoms with Gasteiger partial charge in [0, 0.05) is 38.5 Å². The molecule has 4 fully saturated rings. The lowest BCUT2D eigenvalue weighted by atomic mass is 9.41. The van der Waals surface area contributed by atoms with Crippen molar-refractivity contribution < 1.29 is 48.4 Å². The molecule has 0 aromatic carbocycles. The molecule has 0 aromatic heterocycles. The quantitative estimate of drug-likeness (QED) is 0.393. The fourth-order valence-electron chi connectivity index (χ4n) is 8.84. The Balaban J connectivity index is 1.71. The molecule has 8 atom stereocenters. The first kappa shape index (κ1) is 27.5. The molecule has 0 bridgehead atoms. The molecule has 0 spiro atoms. The van der Waals surface area contributed by atoms with Crippen LogP contribution in [0.5, 0.6) is 0 Å². The number of fused-ring (bicyclic) bond motifs is 5. The van der Waals surface area contributed by atoms with E-state index in [2.05, 4.69) is 0 Å². The standard InChI is InChI=1S/C27H38O10/c1-15(28)35-14-22(31)21-8-12-27(34)20-7-10-25(37-17(3)30)13-18(36-16(2)29)5-11-26(25,23(32)33)19(20)6-9-24(21,27)4/h18-21,34H,5-14H2,1-4H3,(H,32,33)/t18-,19-,20+,21+,24+,25-,26+,27-/m0/s1. The van der Waals surface area contributed by atoms with Gasteiger partial charge in [0.05, 0.1) is 5.60 Å². The summed E-state index contributed by atoms with van der Waals surface area (Å²) in [5.41, 5.74) is -4.89. The van der Waals surface area contributed by atoms with E-state index in [1.165, 1.54) is 20.8 Å². The van der Waals surface area contributed by atoms with Crippen LogP contribution < -0.4 is 0 Å². The molecule has 206 valence electrons. The Kier molecular flexibility index (Phi) is 6.97. The first-order valence-corrected chi connectivity index (χ1v) is 13.2. The summed E-state index contributed by atoms with van der Waals surface area (Å²) in [4.78, 5) is 61.4. The van der Waals surface area contributed by atoms with E-state index in [9.17, 15) is 34.2 Å². The maximum atomic E-state index is 13.2. The summed E-state index contributed by atoms with van der Waals surface area (Å²) in [6.45, 7) is 5.34. The molecule has 0 saturated heterocycles. The Morgan fingerprint density at radius 1 is 0.838 bits per heavy atom. The van der Waals surface area contributed by atoms with Crippen LogP contribution >= 0.6 is 0 Å². The van der Waals surface area contributed by atoms with Crippen molar-refractivity contribution in [2.24, 2.45) is 28.6 Å². The Hall–Kier alpha value is -2.49. The summed E-state index contributed by atoms with van der Waals surface area (Å²) in [5, 5.41) is 23.0. The number of ketones is 1. The Morgan fingerprint density at radius 2 is 1.51 bits per heavy atom. The molecule has 4 aliphatic carbocycles. The van der Waals surface area contributed by atoms with Crippen molar-refractivity contribution in [2.75, 3.05) is 6.61 Å². The van der Waals surface area contributed by atoms with Gasteiger partial charge in [0.1, 0.15) is 23.7 Å². The number of aliphatic carboxylic acids is 1. The van der Waals surface area contributed by atoms with E-state index in [1.54, 1.807) is 0 Å². The summed E-state index contributed by atoms with van der Waals surface area (Å²) in [5.74, 6) is -4.32. The molecule has 0 amide bonds. The zero-order valence-corrected chi connectivity index (χ0v) is 22.0. The Labute approximate surface area is 216 Å². The van der Waals surface area contributed by atoms with Gasteiger partial charge in [0.2, 0.25) is 0 Å². The predicted molar refractivity (Wildman–Crippen MR) is 127 cm³/mol. The summed E-state index contributed by atoms with van der Waals surface area (Å²) in [6.07, 6.45) is 2.25. The highest BCUT2D eigenvalue weighted by Crippen LogP contribution is 2.70. The minimum atomic E-state index is -1.45. The number of esters is 3. The second-order valence-corrected chi connectivity index (χ2v) is 11.8. The molecule has 4 saturated carbocycles. The van der Waals surface area contributed by atoms with Gasteiger partial charge in [0.25, 0.3) is 0 Å². The van der Waals surface area contributed by atoms with E-state index in [1.807, 2.05) is 6.92 Å². The lowest BCUT2D eigenvalue weighted by molar-refractivity contribution is -0.267. The molecule has 2 N–H and O–H groups in total. The highest BCUT2D eigenvalue weighted by Gasteiger charge is 2.75. The predicted octanol–water partition coefficient (Wildman–Crippen LogP) is 2.57. The molecule has 10 heteroatoms. The maximum Gasteiger partial charge on any atom is 0.314 e. The third kappa shape index (κ3) is 4.06. The lowest BCUT2D eigenvalue weighted by Crippen LogP contribution is -2.71. The molecule has 0 aromatic rings. The van der Waals surface area contributed by atoms with Crippen molar-refractivity contribution in [1.29, 1.82) is 0 Å². The van der Waals surface area contributed by atoms with Gasteiger partial charge in [-0.3, -0.25) is 24.0 Å². The van der Waals surface area contributed by atoms with Crippen molar-refractivity contribution in [3.63, 3.8) is 0 Å². The molecular weight excluding hydrogens is 484 g/mol. The fourth-order valence-corrected chi connectivity index (χ4v) is 8.84. The van der Waals surface area contributed by atoms with Gasteiger partial charge < -0.3 is 24.4 Å². The largest absolute Gasteiger partial charge is 0.481 e. The summed E-state index contributed by atoms with van der Waals surface area (Å²) >= 11 is 0. The number of carboxylic acids is 1. The van der Waals surface area contributed by atoms with E-state index < -0.39 is 69.8 Å². The zero-order chi connectivity index (χ0) is 27.4. The minimum absolute atomic E-state index is 0.0981. The molecular formula is C27H38O10. The fraction of sp³-hybridized carbons (Fsp3) is 0.815. The van der Waals surface area contributed by atoms with Crippen LogP contribution in [0.15, 0.2) is 0 Å². The van der Waals surface area contributed by atoms with Crippen LogP contribution in [0.3, 0.4) is 0 Å². The van der Waals surface area contributed by atoms with E-state index in [-0.39, 0.29) is 31.7 Å². The minimum Gasteiger partial charge on any atom is -0.481 e. The number of hydrogen-bond acceptors (Lipinski definition) is 9. The molecule has 0 heterocycles. The third-order valence-corrected chi connectivity index (χ3v) is 10.2. The molecule has 0 radical (unpaired) electrons. The number of carbonyl (C=O) groups excluding carboxylic acids is 4. The van der Waals surface area contributed by atoms with Gasteiger partial charge in [-0.05, 0) is 63.2 Å². The van der Waals surface area contributed by atoms with Crippen LogP contribution in [-0.4, -0.2) is 63.8 Å². The van der Waals surface area contributed by atoms with Gasteiger partial charge in [-0.2, -0.15) is 0 Å². The van der Waals surface area contributed by atoms with Gasteiger partial charge in [-0.25, -0.2) is 0 Å². The van der Waals surface area contributed by atoms with Crippen LogP contribution in [0.4, 0.5) is 0 Å². The van der Waals surface area contributed by atoms with Crippen molar-refractivity contribution >= 4 is 29.7 Å². The summed E-state index contributed by atoms with van der Waals surface area (Å²) < 4.78 is 16.3. The molecule has 0 unspecified atom stereocenters. The van der Waals surface area contributed by atoms with Gasteiger partial charge in [0.15, 0.2) is 5.78 Å². The van der Waals surface area contributed by atoms with Crippen molar-refractivity contribution in [3.8, 4) is 0 Å². The Bertz CT molecular complexity index is 1010. The maximum absolute atomic E-state index is 13.2. The number of aliphatic hydroxyl groups is 1. The molecule has 0 aliphatic heterocycles. The summed E-state index contributed by atoms with van der Waals surface area (Å²) in [7, 11) is 0. The number of carboxylic acid groups (broad SMARTS) is 1. The smallest absolute Gasteiger partial charge is 0.314 e. The zero-order valence-electron chi connectivity index (χ0n) is 22.0. The first-order valence-electron chi connectivity index (χ1n) is 13.2. The van der Waals surface area contributed by atoms with Crippen LogP contribution in [0, 0.1) is 28.6 Å². The number of hydrogen-bond donors (Lipinski definition) is 2. The van der Waals surface area contributed by atoms with Crippen LogP contribution in [-0.2, 0) is 38.2 Å². The monoisotopic (exact) mass is 522 g/mol. The normalized spacial score (nSPS) is 42.4.